The lowest BCUT2D eigenvalue weighted by Crippen LogP contribution is -2.78. The number of piperazine rings is 1. The van der Waals surface area contributed by atoms with E-state index in [1.807, 2.05) is 12.1 Å². The van der Waals surface area contributed by atoms with Gasteiger partial charge in [-0.25, -0.2) is 13.8 Å². The van der Waals surface area contributed by atoms with E-state index in [-0.39, 0.29) is 16.9 Å². The fourth-order valence-corrected chi connectivity index (χ4v) is 4.13. The summed E-state index contributed by atoms with van der Waals surface area (Å²) in [7, 11) is 3.65. The zero-order valence-corrected chi connectivity index (χ0v) is 15.0. The van der Waals surface area contributed by atoms with Gasteiger partial charge in [-0.2, -0.15) is 0 Å². The van der Waals surface area contributed by atoms with Crippen molar-refractivity contribution in [3.63, 3.8) is 0 Å². The van der Waals surface area contributed by atoms with Gasteiger partial charge in [0, 0.05) is 31.9 Å². The molecule has 2 aliphatic rings. The molecule has 2 aromatic carbocycles. The fourth-order valence-electron chi connectivity index (χ4n) is 4.13. The predicted molar refractivity (Wildman–Crippen MR) is 99.9 cm³/mol. The van der Waals surface area contributed by atoms with Crippen molar-refractivity contribution in [1.82, 2.24) is 14.5 Å². The second-order valence-electron chi connectivity index (χ2n) is 7.33. The summed E-state index contributed by atoms with van der Waals surface area (Å²) in [6, 6.07) is 10.5. The summed E-state index contributed by atoms with van der Waals surface area (Å²) in [5.74, 6) is -1.85. The molecule has 138 valence electrons. The first-order chi connectivity index (χ1) is 13.0. The quantitative estimate of drug-likeness (QED) is 0.697. The third-order valence-corrected chi connectivity index (χ3v) is 5.85. The van der Waals surface area contributed by atoms with E-state index < -0.39 is 11.6 Å². The van der Waals surface area contributed by atoms with E-state index in [2.05, 4.69) is 21.8 Å². The van der Waals surface area contributed by atoms with Gasteiger partial charge in [0.25, 0.3) is 5.56 Å². The van der Waals surface area contributed by atoms with Gasteiger partial charge < -0.3 is 4.90 Å². The molecule has 7 heteroatoms. The number of aromatic nitrogens is 2. The molecule has 27 heavy (non-hydrogen) atoms. The maximum atomic E-state index is 14.2. The highest BCUT2D eigenvalue weighted by atomic mass is 19.2. The molecule has 1 aromatic heterocycles. The smallest absolute Gasteiger partial charge is 0.261 e. The molecule has 0 saturated carbocycles. The van der Waals surface area contributed by atoms with Crippen molar-refractivity contribution >= 4 is 16.6 Å². The molecule has 2 fully saturated rings. The first-order valence-corrected chi connectivity index (χ1v) is 8.88. The molecule has 2 saturated heterocycles. The summed E-state index contributed by atoms with van der Waals surface area (Å²) in [5, 5.41) is 0.478. The van der Waals surface area contributed by atoms with Gasteiger partial charge in [-0.05, 0) is 37.4 Å². The molecule has 0 spiro atoms. The molecule has 5 rings (SSSR count). The van der Waals surface area contributed by atoms with Gasteiger partial charge in [0.15, 0.2) is 11.6 Å². The predicted octanol–water partition coefficient (Wildman–Crippen LogP) is 2.38. The fraction of sp³-hybridized carbons (Fsp3) is 0.300. The van der Waals surface area contributed by atoms with Crippen LogP contribution in [0.5, 0.6) is 0 Å². The van der Waals surface area contributed by atoms with E-state index in [0.717, 1.165) is 24.8 Å². The number of benzene rings is 2. The van der Waals surface area contributed by atoms with Crippen LogP contribution in [0.3, 0.4) is 0 Å². The third-order valence-electron chi connectivity index (χ3n) is 5.85. The van der Waals surface area contributed by atoms with Gasteiger partial charge in [-0.1, -0.05) is 6.07 Å². The first kappa shape index (κ1) is 16.4. The summed E-state index contributed by atoms with van der Waals surface area (Å²) in [5.41, 5.74) is 1.18. The SMILES string of the molecule is CN1CC2C1CN2c1ccc2nc(-c3cccc(F)c3F)n(C)c(=O)c2c1. The van der Waals surface area contributed by atoms with Crippen molar-refractivity contribution in [3.05, 3.63) is 58.4 Å². The Morgan fingerprint density at radius 3 is 2.59 bits per heavy atom. The van der Waals surface area contributed by atoms with Gasteiger partial charge >= 0.3 is 0 Å². The minimum absolute atomic E-state index is 0.0244. The Balaban J connectivity index is 1.61. The van der Waals surface area contributed by atoms with E-state index in [0.29, 0.717) is 23.0 Å². The Labute approximate surface area is 154 Å². The van der Waals surface area contributed by atoms with Gasteiger partial charge in [-0.15, -0.1) is 0 Å². The van der Waals surface area contributed by atoms with Crippen molar-refractivity contribution in [2.75, 3.05) is 25.0 Å². The number of anilines is 1. The van der Waals surface area contributed by atoms with Crippen LogP contribution in [0.15, 0.2) is 41.2 Å². The molecule has 3 aromatic rings. The maximum absolute atomic E-state index is 14.2. The summed E-state index contributed by atoms with van der Waals surface area (Å²) in [6.07, 6.45) is 0. The lowest BCUT2D eigenvalue weighted by Gasteiger charge is -2.62. The van der Waals surface area contributed by atoms with Crippen LogP contribution >= 0.6 is 0 Å². The van der Waals surface area contributed by atoms with Crippen molar-refractivity contribution in [3.8, 4) is 11.4 Å². The Hall–Kier alpha value is -2.80. The number of hydrogen-bond donors (Lipinski definition) is 0. The minimum atomic E-state index is -1.00. The van der Waals surface area contributed by atoms with E-state index in [1.165, 1.54) is 23.7 Å². The maximum Gasteiger partial charge on any atom is 0.261 e. The minimum Gasteiger partial charge on any atom is -0.364 e. The Morgan fingerprint density at radius 1 is 1.07 bits per heavy atom. The van der Waals surface area contributed by atoms with E-state index in [4.69, 9.17) is 0 Å². The number of halogens is 2. The molecule has 2 atom stereocenters. The van der Waals surface area contributed by atoms with Gasteiger partial charge in [0.05, 0.1) is 22.5 Å². The number of hydrogen-bond acceptors (Lipinski definition) is 4. The highest BCUT2D eigenvalue weighted by Crippen LogP contribution is 2.37. The van der Waals surface area contributed by atoms with Crippen LogP contribution in [0.4, 0.5) is 14.5 Å². The summed E-state index contributed by atoms with van der Waals surface area (Å²) < 4.78 is 29.1. The van der Waals surface area contributed by atoms with Crippen LogP contribution in [0.25, 0.3) is 22.3 Å². The summed E-state index contributed by atoms with van der Waals surface area (Å²) >= 11 is 0. The van der Waals surface area contributed by atoms with Crippen LogP contribution in [0.1, 0.15) is 0 Å². The molecular weight excluding hydrogens is 350 g/mol. The number of fused-ring (bicyclic) bond motifs is 2. The van der Waals surface area contributed by atoms with Crippen molar-refractivity contribution in [2.24, 2.45) is 7.05 Å². The molecule has 0 N–H and O–H groups in total. The lowest BCUT2D eigenvalue weighted by molar-refractivity contribution is 0.0369. The first-order valence-electron chi connectivity index (χ1n) is 8.88. The average molecular weight is 368 g/mol. The third kappa shape index (κ3) is 2.24. The highest BCUT2D eigenvalue weighted by Gasteiger charge is 2.49. The van der Waals surface area contributed by atoms with Crippen LogP contribution in [-0.2, 0) is 7.05 Å². The molecule has 0 bridgehead atoms. The van der Waals surface area contributed by atoms with Crippen LogP contribution in [0, 0.1) is 11.6 Å². The van der Waals surface area contributed by atoms with E-state index >= 15 is 0 Å². The molecular formula is C20H18F2N4O. The summed E-state index contributed by atoms with van der Waals surface area (Å²) in [6.45, 7) is 1.98. The van der Waals surface area contributed by atoms with Gasteiger partial charge in [0.2, 0.25) is 0 Å². The zero-order valence-electron chi connectivity index (χ0n) is 15.0. The van der Waals surface area contributed by atoms with Crippen LogP contribution in [-0.4, -0.2) is 46.7 Å². The molecule has 2 aliphatic heterocycles. The molecule has 0 radical (unpaired) electrons. The second-order valence-corrected chi connectivity index (χ2v) is 7.33. The number of likely N-dealkylation sites (tertiary alicyclic amines) is 1. The largest absolute Gasteiger partial charge is 0.364 e. The Bertz CT molecular complexity index is 1140. The Morgan fingerprint density at radius 2 is 1.89 bits per heavy atom. The Kier molecular flexibility index (Phi) is 3.40. The average Bonchev–Trinajstić information content (AvgIpc) is 2.65. The molecule has 0 aliphatic carbocycles. The monoisotopic (exact) mass is 368 g/mol. The number of nitrogens with zero attached hydrogens (tertiary/aromatic N) is 4. The number of likely N-dealkylation sites (N-methyl/N-ethyl adjacent to an activating group) is 1. The number of rotatable bonds is 2. The standard InChI is InChI=1S/C20H18F2N4O/c1-24-9-17-16(24)10-26(17)11-6-7-15-13(8-11)20(27)25(2)19(23-15)12-4-3-5-14(21)18(12)22/h3-8,16-17H,9-10H2,1-2H3. The van der Waals surface area contributed by atoms with Crippen molar-refractivity contribution in [2.45, 2.75) is 12.1 Å². The normalized spacial score (nSPS) is 21.7. The lowest BCUT2D eigenvalue weighted by atomic mass is 9.85. The highest BCUT2D eigenvalue weighted by molar-refractivity contribution is 5.84. The second kappa shape index (κ2) is 5.60. The zero-order chi connectivity index (χ0) is 18.9. The van der Waals surface area contributed by atoms with Crippen molar-refractivity contribution in [1.29, 1.82) is 0 Å². The molecule has 2 unspecified atom stereocenters. The molecule has 3 heterocycles. The topological polar surface area (TPSA) is 41.4 Å². The van der Waals surface area contributed by atoms with Crippen LogP contribution < -0.4 is 10.5 Å². The van der Waals surface area contributed by atoms with Crippen molar-refractivity contribution < 1.29 is 8.78 Å². The van der Waals surface area contributed by atoms with E-state index in [9.17, 15) is 13.6 Å². The van der Waals surface area contributed by atoms with E-state index in [1.54, 1.807) is 6.07 Å². The molecule has 0 amide bonds. The van der Waals surface area contributed by atoms with Gasteiger partial charge in [-0.3, -0.25) is 14.3 Å². The van der Waals surface area contributed by atoms with Crippen LogP contribution in [0.2, 0.25) is 0 Å². The van der Waals surface area contributed by atoms with Gasteiger partial charge in [0.1, 0.15) is 5.82 Å². The molecule has 5 nitrogen and oxygen atoms in total. The summed E-state index contributed by atoms with van der Waals surface area (Å²) in [4.78, 5) is 22.0.